The Balaban J connectivity index is 1.91. The number of morpholine rings is 1. The van der Waals surface area contributed by atoms with Crippen LogP contribution in [-0.4, -0.2) is 56.6 Å². The molecule has 0 amide bonds. The van der Waals surface area contributed by atoms with E-state index in [1.165, 1.54) is 0 Å². The van der Waals surface area contributed by atoms with Crippen LogP contribution in [0.2, 0.25) is 0 Å². The van der Waals surface area contributed by atoms with Gasteiger partial charge < -0.3 is 15.2 Å². The first-order valence-electron chi connectivity index (χ1n) is 6.13. The second kappa shape index (κ2) is 5.42. The molecule has 0 aromatic heterocycles. The Hall–Kier alpha value is -0.200. The molecule has 0 aromatic rings. The first-order valence-corrected chi connectivity index (χ1v) is 6.13. The summed E-state index contributed by atoms with van der Waals surface area (Å²) in [6, 6.07) is 0. The Morgan fingerprint density at radius 2 is 2.06 bits per heavy atom. The molecule has 2 heterocycles. The van der Waals surface area contributed by atoms with Crippen molar-refractivity contribution >= 4 is 0 Å². The summed E-state index contributed by atoms with van der Waals surface area (Å²) in [5.41, 5.74) is 9.45. The fourth-order valence-corrected chi connectivity index (χ4v) is 2.38. The zero-order valence-electron chi connectivity index (χ0n) is 10.1. The molecule has 0 bridgehead atoms. The predicted octanol–water partition coefficient (Wildman–Crippen LogP) is -0.423. The van der Waals surface area contributed by atoms with Crippen LogP contribution in [-0.2, 0) is 9.47 Å². The highest BCUT2D eigenvalue weighted by atomic mass is 16.5. The summed E-state index contributed by atoms with van der Waals surface area (Å²) in [5, 5.41) is 2.23. The summed E-state index contributed by atoms with van der Waals surface area (Å²) in [7, 11) is 0. The highest BCUT2D eigenvalue weighted by Gasteiger charge is 2.37. The molecule has 0 aliphatic carbocycles. The average molecular weight is 229 g/mol. The van der Waals surface area contributed by atoms with Gasteiger partial charge in [-0.15, -0.1) is 0 Å². The number of nitrogens with two attached hydrogens (primary N) is 1. The van der Waals surface area contributed by atoms with Gasteiger partial charge in [-0.1, -0.05) is 0 Å². The van der Waals surface area contributed by atoms with Gasteiger partial charge in [0.25, 0.3) is 0 Å². The third-order valence-corrected chi connectivity index (χ3v) is 3.68. The van der Waals surface area contributed by atoms with Crippen molar-refractivity contribution in [2.45, 2.75) is 18.9 Å². The quantitative estimate of drug-likeness (QED) is 0.685. The number of nitrogens with zero attached hydrogens (tertiary/aromatic N) is 1. The SMILES string of the molecule is CC(CN)(NN1CCOCC1)C1CCOC1. The van der Waals surface area contributed by atoms with Gasteiger partial charge in [-0.3, -0.25) is 0 Å². The van der Waals surface area contributed by atoms with Gasteiger partial charge in [-0.05, 0) is 13.3 Å². The Kier molecular flexibility index (Phi) is 4.16. The van der Waals surface area contributed by atoms with Gasteiger partial charge in [-0.2, -0.15) is 0 Å². The fourth-order valence-electron chi connectivity index (χ4n) is 2.38. The summed E-state index contributed by atoms with van der Waals surface area (Å²) in [6.07, 6.45) is 1.10. The summed E-state index contributed by atoms with van der Waals surface area (Å²) < 4.78 is 10.8. The molecule has 2 atom stereocenters. The summed E-state index contributed by atoms with van der Waals surface area (Å²) in [5.74, 6) is 0.514. The lowest BCUT2D eigenvalue weighted by Crippen LogP contribution is -2.62. The number of hydrazine groups is 1. The molecule has 2 aliphatic heterocycles. The first kappa shape index (κ1) is 12.3. The third-order valence-electron chi connectivity index (χ3n) is 3.68. The maximum Gasteiger partial charge on any atom is 0.0608 e. The van der Waals surface area contributed by atoms with Crippen molar-refractivity contribution in [3.8, 4) is 0 Å². The smallest absolute Gasteiger partial charge is 0.0608 e. The van der Waals surface area contributed by atoms with Crippen molar-refractivity contribution in [2.75, 3.05) is 46.1 Å². The molecule has 2 fully saturated rings. The van der Waals surface area contributed by atoms with Gasteiger partial charge in [0.15, 0.2) is 0 Å². The van der Waals surface area contributed by atoms with E-state index in [1.54, 1.807) is 0 Å². The largest absolute Gasteiger partial charge is 0.381 e. The summed E-state index contributed by atoms with van der Waals surface area (Å²) in [6.45, 7) is 7.99. The molecule has 2 aliphatic rings. The number of ether oxygens (including phenoxy) is 2. The highest BCUT2D eigenvalue weighted by molar-refractivity contribution is 4.92. The lowest BCUT2D eigenvalue weighted by Gasteiger charge is -2.41. The van der Waals surface area contributed by atoms with Crippen LogP contribution in [0.25, 0.3) is 0 Å². The van der Waals surface area contributed by atoms with Gasteiger partial charge in [0, 0.05) is 37.7 Å². The average Bonchev–Trinajstić information content (AvgIpc) is 2.84. The molecule has 2 unspecified atom stereocenters. The fraction of sp³-hybridized carbons (Fsp3) is 1.00. The van der Waals surface area contributed by atoms with E-state index in [9.17, 15) is 0 Å². The molecule has 16 heavy (non-hydrogen) atoms. The normalized spacial score (nSPS) is 31.5. The van der Waals surface area contributed by atoms with E-state index in [2.05, 4.69) is 17.4 Å². The third kappa shape index (κ3) is 2.73. The predicted molar refractivity (Wildman–Crippen MR) is 61.9 cm³/mol. The molecule has 0 radical (unpaired) electrons. The second-order valence-corrected chi connectivity index (χ2v) is 4.89. The molecule has 5 nitrogen and oxygen atoms in total. The van der Waals surface area contributed by atoms with E-state index in [0.29, 0.717) is 12.5 Å². The number of nitrogens with one attached hydrogen (secondary N) is 1. The van der Waals surface area contributed by atoms with Crippen molar-refractivity contribution in [1.29, 1.82) is 0 Å². The van der Waals surface area contributed by atoms with E-state index in [1.807, 2.05) is 0 Å². The Morgan fingerprint density at radius 1 is 1.31 bits per heavy atom. The van der Waals surface area contributed by atoms with Crippen molar-refractivity contribution in [3.05, 3.63) is 0 Å². The van der Waals surface area contributed by atoms with Crippen LogP contribution in [0.15, 0.2) is 0 Å². The Bertz CT molecular complexity index is 215. The van der Waals surface area contributed by atoms with Crippen molar-refractivity contribution < 1.29 is 9.47 Å². The van der Waals surface area contributed by atoms with Crippen LogP contribution in [0.4, 0.5) is 0 Å². The lowest BCUT2D eigenvalue weighted by molar-refractivity contribution is -0.0202. The molecule has 94 valence electrons. The molecule has 2 saturated heterocycles. The van der Waals surface area contributed by atoms with Gasteiger partial charge in [0.1, 0.15) is 0 Å². The van der Waals surface area contributed by atoms with Gasteiger partial charge >= 0.3 is 0 Å². The number of rotatable bonds is 4. The summed E-state index contributed by atoms with van der Waals surface area (Å²) >= 11 is 0. The van der Waals surface area contributed by atoms with E-state index >= 15 is 0 Å². The topological polar surface area (TPSA) is 59.8 Å². The molecule has 5 heteroatoms. The van der Waals surface area contributed by atoms with Crippen LogP contribution in [0.5, 0.6) is 0 Å². The Labute approximate surface area is 97.2 Å². The van der Waals surface area contributed by atoms with Crippen molar-refractivity contribution in [1.82, 2.24) is 10.4 Å². The Morgan fingerprint density at radius 3 is 2.62 bits per heavy atom. The van der Waals surface area contributed by atoms with E-state index in [4.69, 9.17) is 15.2 Å². The van der Waals surface area contributed by atoms with E-state index in [0.717, 1.165) is 45.9 Å². The highest BCUT2D eigenvalue weighted by Crippen LogP contribution is 2.25. The minimum Gasteiger partial charge on any atom is -0.381 e. The molecular weight excluding hydrogens is 206 g/mol. The van der Waals surface area contributed by atoms with E-state index in [-0.39, 0.29) is 5.54 Å². The minimum absolute atomic E-state index is 0.0478. The van der Waals surface area contributed by atoms with Crippen molar-refractivity contribution in [3.63, 3.8) is 0 Å². The van der Waals surface area contributed by atoms with Crippen LogP contribution >= 0.6 is 0 Å². The lowest BCUT2D eigenvalue weighted by atomic mass is 9.85. The number of hydrogen-bond donors (Lipinski definition) is 2. The van der Waals surface area contributed by atoms with Crippen LogP contribution in [0, 0.1) is 5.92 Å². The van der Waals surface area contributed by atoms with Crippen LogP contribution in [0.3, 0.4) is 0 Å². The zero-order chi connectivity index (χ0) is 11.4. The molecule has 2 rings (SSSR count). The second-order valence-electron chi connectivity index (χ2n) is 4.89. The van der Waals surface area contributed by atoms with Crippen molar-refractivity contribution in [2.24, 2.45) is 11.7 Å². The van der Waals surface area contributed by atoms with Crippen LogP contribution in [0.1, 0.15) is 13.3 Å². The monoisotopic (exact) mass is 229 g/mol. The van der Waals surface area contributed by atoms with E-state index < -0.39 is 0 Å². The maximum atomic E-state index is 5.93. The molecule has 0 saturated carbocycles. The standard InChI is InChI=1S/C11H23N3O2/c1-11(9-12,10-2-5-16-8-10)13-14-3-6-15-7-4-14/h10,13H,2-9,12H2,1H3. The molecule has 0 spiro atoms. The molecule has 0 aromatic carbocycles. The number of hydrogen-bond acceptors (Lipinski definition) is 5. The molecular formula is C11H23N3O2. The summed E-state index contributed by atoms with van der Waals surface area (Å²) in [4.78, 5) is 0. The maximum absolute atomic E-state index is 5.93. The van der Waals surface area contributed by atoms with Gasteiger partial charge in [0.2, 0.25) is 0 Å². The van der Waals surface area contributed by atoms with Gasteiger partial charge in [0.05, 0.1) is 19.8 Å². The first-order chi connectivity index (χ1) is 7.74. The minimum atomic E-state index is -0.0478. The zero-order valence-corrected chi connectivity index (χ0v) is 10.1. The molecule has 3 N–H and O–H groups in total. The van der Waals surface area contributed by atoms with Gasteiger partial charge in [-0.25, -0.2) is 10.4 Å². The van der Waals surface area contributed by atoms with Crippen LogP contribution < -0.4 is 11.2 Å².